The third-order valence-corrected chi connectivity index (χ3v) is 2.98. The highest BCUT2D eigenvalue weighted by Crippen LogP contribution is 2.19. The lowest BCUT2D eigenvalue weighted by molar-refractivity contribution is 0.157. The molecule has 1 aliphatic rings. The first-order valence-corrected chi connectivity index (χ1v) is 5.82. The standard InChI is InChI=1S/C12H23NO/c1-3-13-10-5-4-8-12(13)9-6-7-11(2)14/h6-7,11-12,14H,3-5,8-10H2,1-2H3. The third-order valence-electron chi connectivity index (χ3n) is 2.98. The van der Waals surface area contributed by atoms with Crippen molar-refractivity contribution in [2.24, 2.45) is 0 Å². The van der Waals surface area contributed by atoms with Crippen molar-refractivity contribution >= 4 is 0 Å². The molecule has 0 radical (unpaired) electrons. The number of nitrogens with zero attached hydrogens (tertiary/aromatic N) is 1. The van der Waals surface area contributed by atoms with Gasteiger partial charge in [-0.15, -0.1) is 0 Å². The highest BCUT2D eigenvalue weighted by atomic mass is 16.3. The summed E-state index contributed by atoms with van der Waals surface area (Å²) in [6, 6.07) is 0.712. The van der Waals surface area contributed by atoms with Crippen molar-refractivity contribution in [3.8, 4) is 0 Å². The zero-order valence-corrected chi connectivity index (χ0v) is 9.45. The van der Waals surface area contributed by atoms with Gasteiger partial charge in [-0.2, -0.15) is 0 Å². The van der Waals surface area contributed by atoms with Gasteiger partial charge < -0.3 is 10.0 Å². The minimum atomic E-state index is -0.298. The van der Waals surface area contributed by atoms with Crippen LogP contribution in [-0.2, 0) is 0 Å². The number of hydrogen-bond acceptors (Lipinski definition) is 2. The van der Waals surface area contributed by atoms with E-state index in [1.165, 1.54) is 25.8 Å². The molecule has 0 aromatic rings. The van der Waals surface area contributed by atoms with Crippen molar-refractivity contribution in [1.82, 2.24) is 4.90 Å². The molecule has 0 saturated carbocycles. The van der Waals surface area contributed by atoms with Crippen LogP contribution >= 0.6 is 0 Å². The SMILES string of the molecule is CCN1CCCCC1CC=CC(C)O. The van der Waals surface area contributed by atoms with Gasteiger partial charge in [0.2, 0.25) is 0 Å². The lowest BCUT2D eigenvalue weighted by atomic mass is 9.99. The fourth-order valence-electron chi connectivity index (χ4n) is 2.18. The van der Waals surface area contributed by atoms with Crippen LogP contribution in [0.25, 0.3) is 0 Å². The molecule has 2 atom stereocenters. The van der Waals surface area contributed by atoms with Gasteiger partial charge in [-0.25, -0.2) is 0 Å². The van der Waals surface area contributed by atoms with E-state index < -0.39 is 0 Å². The number of likely N-dealkylation sites (tertiary alicyclic amines) is 1. The molecule has 2 heteroatoms. The highest BCUT2D eigenvalue weighted by molar-refractivity contribution is 4.91. The van der Waals surface area contributed by atoms with Gasteiger partial charge >= 0.3 is 0 Å². The van der Waals surface area contributed by atoms with Crippen molar-refractivity contribution in [3.63, 3.8) is 0 Å². The second-order valence-corrected chi connectivity index (χ2v) is 4.18. The minimum absolute atomic E-state index is 0.298. The van der Waals surface area contributed by atoms with E-state index in [9.17, 15) is 0 Å². The fourth-order valence-corrected chi connectivity index (χ4v) is 2.18. The monoisotopic (exact) mass is 197 g/mol. The van der Waals surface area contributed by atoms with E-state index in [0.717, 1.165) is 13.0 Å². The molecule has 1 fully saturated rings. The highest BCUT2D eigenvalue weighted by Gasteiger charge is 2.19. The second kappa shape index (κ2) is 6.20. The maximum Gasteiger partial charge on any atom is 0.0692 e. The topological polar surface area (TPSA) is 23.5 Å². The van der Waals surface area contributed by atoms with Crippen LogP contribution in [0.5, 0.6) is 0 Å². The van der Waals surface area contributed by atoms with E-state index in [1.807, 2.05) is 6.08 Å². The molecule has 0 spiro atoms. The Morgan fingerprint density at radius 3 is 2.93 bits per heavy atom. The molecule has 1 N–H and O–H groups in total. The lowest BCUT2D eigenvalue weighted by Gasteiger charge is -2.34. The quantitative estimate of drug-likeness (QED) is 0.698. The van der Waals surface area contributed by atoms with E-state index in [1.54, 1.807) is 6.92 Å². The zero-order valence-electron chi connectivity index (χ0n) is 9.45. The molecular weight excluding hydrogens is 174 g/mol. The average Bonchev–Trinajstić information content (AvgIpc) is 2.18. The first-order chi connectivity index (χ1) is 6.74. The molecule has 1 rings (SSSR count). The number of rotatable bonds is 4. The Balaban J connectivity index is 2.33. The van der Waals surface area contributed by atoms with Gasteiger partial charge in [0, 0.05) is 6.04 Å². The molecule has 82 valence electrons. The molecule has 0 amide bonds. The Labute approximate surface area is 87.6 Å². The predicted molar refractivity (Wildman–Crippen MR) is 60.3 cm³/mol. The first kappa shape index (κ1) is 11.7. The first-order valence-electron chi connectivity index (χ1n) is 5.82. The number of piperidine rings is 1. The Kier molecular flexibility index (Phi) is 5.20. The summed E-state index contributed by atoms with van der Waals surface area (Å²) in [4.78, 5) is 2.55. The van der Waals surface area contributed by atoms with Gasteiger partial charge in [-0.1, -0.05) is 25.5 Å². The van der Waals surface area contributed by atoms with Crippen molar-refractivity contribution in [2.45, 2.75) is 51.7 Å². The Bertz CT molecular complexity index is 177. The summed E-state index contributed by atoms with van der Waals surface area (Å²) in [6.45, 7) is 6.45. The summed E-state index contributed by atoms with van der Waals surface area (Å²) >= 11 is 0. The van der Waals surface area contributed by atoms with Crippen LogP contribution < -0.4 is 0 Å². The van der Waals surface area contributed by atoms with Gasteiger partial charge in [0.25, 0.3) is 0 Å². The second-order valence-electron chi connectivity index (χ2n) is 4.18. The smallest absolute Gasteiger partial charge is 0.0692 e. The Morgan fingerprint density at radius 2 is 2.29 bits per heavy atom. The molecule has 0 aliphatic carbocycles. The zero-order chi connectivity index (χ0) is 10.4. The summed E-state index contributed by atoms with van der Waals surface area (Å²) in [5.41, 5.74) is 0. The van der Waals surface area contributed by atoms with Gasteiger partial charge in [-0.3, -0.25) is 0 Å². The van der Waals surface area contributed by atoms with Gasteiger partial charge in [-0.05, 0) is 39.3 Å². The molecule has 0 bridgehead atoms. The maximum atomic E-state index is 9.10. The largest absolute Gasteiger partial charge is 0.389 e. The van der Waals surface area contributed by atoms with Crippen molar-refractivity contribution < 1.29 is 5.11 Å². The molecule has 2 unspecified atom stereocenters. The summed E-state index contributed by atoms with van der Waals surface area (Å²) in [6.07, 6.45) is 8.85. The van der Waals surface area contributed by atoms with Crippen LogP contribution in [0.1, 0.15) is 39.5 Å². The van der Waals surface area contributed by atoms with Gasteiger partial charge in [0.05, 0.1) is 6.10 Å². The maximum absolute atomic E-state index is 9.10. The van der Waals surface area contributed by atoms with E-state index >= 15 is 0 Å². The summed E-state index contributed by atoms with van der Waals surface area (Å²) in [5, 5.41) is 9.10. The minimum Gasteiger partial charge on any atom is -0.389 e. The number of aliphatic hydroxyl groups excluding tert-OH is 1. The normalized spacial score (nSPS) is 26.9. The summed E-state index contributed by atoms with van der Waals surface area (Å²) < 4.78 is 0. The van der Waals surface area contributed by atoms with Crippen LogP contribution in [0.15, 0.2) is 12.2 Å². The summed E-state index contributed by atoms with van der Waals surface area (Å²) in [5.74, 6) is 0. The molecule has 14 heavy (non-hydrogen) atoms. The summed E-state index contributed by atoms with van der Waals surface area (Å²) in [7, 11) is 0. The van der Waals surface area contributed by atoms with Crippen LogP contribution in [0.4, 0.5) is 0 Å². The Hall–Kier alpha value is -0.340. The van der Waals surface area contributed by atoms with Crippen molar-refractivity contribution in [2.75, 3.05) is 13.1 Å². The molecule has 1 saturated heterocycles. The molecule has 1 heterocycles. The molecule has 0 aromatic heterocycles. The van der Waals surface area contributed by atoms with Gasteiger partial charge in [0.1, 0.15) is 0 Å². The van der Waals surface area contributed by atoms with E-state index in [-0.39, 0.29) is 6.10 Å². The molecular formula is C12H23NO. The van der Waals surface area contributed by atoms with E-state index in [0.29, 0.717) is 6.04 Å². The van der Waals surface area contributed by atoms with Crippen LogP contribution in [-0.4, -0.2) is 35.2 Å². The molecule has 1 aliphatic heterocycles. The van der Waals surface area contributed by atoms with Crippen molar-refractivity contribution in [1.29, 1.82) is 0 Å². The predicted octanol–water partition coefficient (Wildman–Crippen LogP) is 2.19. The van der Waals surface area contributed by atoms with Crippen LogP contribution in [0.3, 0.4) is 0 Å². The van der Waals surface area contributed by atoms with Gasteiger partial charge in [0.15, 0.2) is 0 Å². The molecule has 2 nitrogen and oxygen atoms in total. The van der Waals surface area contributed by atoms with E-state index in [2.05, 4.69) is 17.9 Å². The van der Waals surface area contributed by atoms with Crippen LogP contribution in [0.2, 0.25) is 0 Å². The van der Waals surface area contributed by atoms with Crippen molar-refractivity contribution in [3.05, 3.63) is 12.2 Å². The fraction of sp³-hybridized carbons (Fsp3) is 0.833. The number of hydrogen-bond donors (Lipinski definition) is 1. The number of aliphatic hydroxyl groups is 1. The Morgan fingerprint density at radius 1 is 1.50 bits per heavy atom. The average molecular weight is 197 g/mol. The van der Waals surface area contributed by atoms with Crippen LogP contribution in [0, 0.1) is 0 Å². The lowest BCUT2D eigenvalue weighted by Crippen LogP contribution is -2.38. The van der Waals surface area contributed by atoms with E-state index in [4.69, 9.17) is 5.11 Å². The molecule has 0 aromatic carbocycles. The third kappa shape index (κ3) is 3.81.